The van der Waals surface area contributed by atoms with Gasteiger partial charge in [0.1, 0.15) is 5.75 Å². The molecule has 0 aliphatic carbocycles. The Morgan fingerprint density at radius 1 is 0.893 bits per heavy atom. The van der Waals surface area contributed by atoms with Crippen LogP contribution >= 0.6 is 0 Å². The van der Waals surface area contributed by atoms with Crippen LogP contribution in [0.4, 0.5) is 13.2 Å². The van der Waals surface area contributed by atoms with Gasteiger partial charge >= 0.3 is 6.18 Å². The minimum absolute atomic E-state index is 0.00749. The lowest BCUT2D eigenvalue weighted by Gasteiger charge is -2.12. The first kappa shape index (κ1) is 19.5. The van der Waals surface area contributed by atoms with Gasteiger partial charge in [0, 0.05) is 12.1 Å². The molecule has 3 aromatic carbocycles. The van der Waals surface area contributed by atoms with Crippen LogP contribution in [-0.2, 0) is 17.5 Å². The lowest BCUT2D eigenvalue weighted by atomic mass is 10.1. The first-order chi connectivity index (χ1) is 13.4. The summed E-state index contributed by atoms with van der Waals surface area (Å²) in [6.07, 6.45) is -4.41. The number of hydrogen-bond donors (Lipinski definition) is 1. The molecule has 28 heavy (non-hydrogen) atoms. The molecule has 0 bridgehead atoms. The highest BCUT2D eigenvalue weighted by atomic mass is 19.4. The van der Waals surface area contributed by atoms with Crippen LogP contribution in [0.15, 0.2) is 78.9 Å². The summed E-state index contributed by atoms with van der Waals surface area (Å²) in [5.74, 6) is 0.142. The molecule has 0 aliphatic heterocycles. The molecule has 0 heterocycles. The lowest BCUT2D eigenvalue weighted by molar-refractivity contribution is -0.137. The van der Waals surface area contributed by atoms with Crippen molar-refractivity contribution in [2.45, 2.75) is 12.7 Å². The Hall–Kier alpha value is -3.28. The fourth-order valence-corrected chi connectivity index (χ4v) is 2.70. The SMILES string of the molecule is O=C(COc1ccccc1-c1ccccc1)NCc1cccc(C(F)(F)F)c1. The minimum atomic E-state index is -4.41. The van der Waals surface area contributed by atoms with E-state index in [4.69, 9.17) is 4.74 Å². The minimum Gasteiger partial charge on any atom is -0.483 e. The van der Waals surface area contributed by atoms with Crippen molar-refractivity contribution in [1.82, 2.24) is 5.32 Å². The van der Waals surface area contributed by atoms with E-state index in [-0.39, 0.29) is 13.2 Å². The largest absolute Gasteiger partial charge is 0.483 e. The fraction of sp³-hybridized carbons (Fsp3) is 0.136. The molecule has 6 heteroatoms. The highest BCUT2D eigenvalue weighted by molar-refractivity contribution is 5.78. The number of ether oxygens (including phenoxy) is 1. The van der Waals surface area contributed by atoms with Gasteiger partial charge in [-0.15, -0.1) is 0 Å². The summed E-state index contributed by atoms with van der Waals surface area (Å²) < 4.78 is 43.9. The summed E-state index contributed by atoms with van der Waals surface area (Å²) in [5.41, 5.74) is 1.44. The molecule has 3 nitrogen and oxygen atoms in total. The Morgan fingerprint density at radius 3 is 2.36 bits per heavy atom. The number of nitrogens with one attached hydrogen (secondary N) is 1. The molecular formula is C22H18F3NO2. The molecule has 0 radical (unpaired) electrons. The summed E-state index contributed by atoms with van der Waals surface area (Å²) in [5, 5.41) is 2.58. The number of amides is 1. The normalized spacial score (nSPS) is 11.1. The van der Waals surface area contributed by atoms with E-state index in [0.29, 0.717) is 11.3 Å². The predicted octanol–water partition coefficient (Wildman–Crippen LogP) is 5.07. The van der Waals surface area contributed by atoms with Gasteiger partial charge in [-0.25, -0.2) is 0 Å². The summed E-state index contributed by atoms with van der Waals surface area (Å²) in [7, 11) is 0. The van der Waals surface area contributed by atoms with Crippen LogP contribution < -0.4 is 10.1 Å². The van der Waals surface area contributed by atoms with E-state index < -0.39 is 17.6 Å². The zero-order chi connectivity index (χ0) is 20.0. The van der Waals surface area contributed by atoms with Gasteiger partial charge in [0.2, 0.25) is 0 Å². The van der Waals surface area contributed by atoms with Crippen LogP contribution in [0.3, 0.4) is 0 Å². The molecule has 0 saturated heterocycles. The Labute approximate surface area is 160 Å². The van der Waals surface area contributed by atoms with Crippen molar-refractivity contribution in [3.63, 3.8) is 0 Å². The van der Waals surface area contributed by atoms with Gasteiger partial charge < -0.3 is 10.1 Å². The van der Waals surface area contributed by atoms with Crippen molar-refractivity contribution in [2.75, 3.05) is 6.61 Å². The monoisotopic (exact) mass is 385 g/mol. The van der Waals surface area contributed by atoms with Crippen molar-refractivity contribution >= 4 is 5.91 Å². The van der Waals surface area contributed by atoms with E-state index in [0.717, 1.165) is 23.3 Å². The van der Waals surface area contributed by atoms with Crippen LogP contribution in [0.25, 0.3) is 11.1 Å². The number of hydrogen-bond acceptors (Lipinski definition) is 2. The van der Waals surface area contributed by atoms with Gasteiger partial charge in [0.25, 0.3) is 5.91 Å². The topological polar surface area (TPSA) is 38.3 Å². The molecule has 3 aromatic rings. The van der Waals surface area contributed by atoms with Crippen LogP contribution in [0.1, 0.15) is 11.1 Å². The fourth-order valence-electron chi connectivity index (χ4n) is 2.70. The maximum atomic E-state index is 12.7. The molecule has 1 N–H and O–H groups in total. The third-order valence-electron chi connectivity index (χ3n) is 4.07. The second-order valence-electron chi connectivity index (χ2n) is 6.13. The van der Waals surface area contributed by atoms with Gasteiger partial charge in [-0.1, -0.05) is 60.7 Å². The van der Waals surface area contributed by atoms with Gasteiger partial charge in [-0.3, -0.25) is 4.79 Å². The molecule has 3 rings (SSSR count). The molecule has 1 amide bonds. The molecular weight excluding hydrogens is 367 g/mol. The Kier molecular flexibility index (Phi) is 5.99. The van der Waals surface area contributed by atoms with E-state index in [1.807, 2.05) is 48.5 Å². The number of rotatable bonds is 6. The second-order valence-corrected chi connectivity index (χ2v) is 6.13. The van der Waals surface area contributed by atoms with E-state index in [1.165, 1.54) is 12.1 Å². The van der Waals surface area contributed by atoms with Crippen molar-refractivity contribution in [3.05, 3.63) is 90.0 Å². The van der Waals surface area contributed by atoms with Gasteiger partial charge in [0.05, 0.1) is 5.56 Å². The molecule has 0 spiro atoms. The summed E-state index contributed by atoms with van der Waals surface area (Å²) >= 11 is 0. The maximum absolute atomic E-state index is 12.7. The van der Waals surface area contributed by atoms with E-state index in [2.05, 4.69) is 5.32 Å². The van der Waals surface area contributed by atoms with Crippen molar-refractivity contribution in [2.24, 2.45) is 0 Å². The number of alkyl halides is 3. The molecule has 0 atom stereocenters. The number of para-hydroxylation sites is 1. The maximum Gasteiger partial charge on any atom is 0.416 e. The lowest BCUT2D eigenvalue weighted by Crippen LogP contribution is -2.28. The first-order valence-corrected chi connectivity index (χ1v) is 8.63. The van der Waals surface area contributed by atoms with Crippen molar-refractivity contribution < 1.29 is 22.7 Å². The summed E-state index contributed by atoms with van der Waals surface area (Å²) in [4.78, 5) is 12.1. The molecule has 0 saturated carbocycles. The van der Waals surface area contributed by atoms with Gasteiger partial charge in [-0.05, 0) is 29.3 Å². The van der Waals surface area contributed by atoms with Gasteiger partial charge in [0.15, 0.2) is 6.61 Å². The quantitative estimate of drug-likeness (QED) is 0.644. The van der Waals surface area contributed by atoms with Crippen molar-refractivity contribution in [1.29, 1.82) is 0 Å². The average molecular weight is 385 g/mol. The van der Waals surface area contributed by atoms with Crippen LogP contribution in [0, 0.1) is 0 Å². The summed E-state index contributed by atoms with van der Waals surface area (Å²) in [6, 6.07) is 21.8. The number of carbonyl (C=O) groups is 1. The van der Waals surface area contributed by atoms with Crippen LogP contribution in [-0.4, -0.2) is 12.5 Å². The Morgan fingerprint density at radius 2 is 1.61 bits per heavy atom. The predicted molar refractivity (Wildman–Crippen MR) is 101 cm³/mol. The number of benzene rings is 3. The van der Waals surface area contributed by atoms with Crippen molar-refractivity contribution in [3.8, 4) is 16.9 Å². The standard InChI is InChI=1S/C22H18F3NO2/c23-22(24,25)18-10-6-7-16(13-18)14-26-21(27)15-28-20-12-5-4-11-19(20)17-8-2-1-3-9-17/h1-13H,14-15H2,(H,26,27). The van der Waals surface area contributed by atoms with E-state index in [1.54, 1.807) is 6.07 Å². The molecule has 0 aliphatic rings. The third-order valence-corrected chi connectivity index (χ3v) is 4.07. The Bertz CT molecular complexity index is 940. The zero-order valence-electron chi connectivity index (χ0n) is 14.9. The molecule has 0 unspecified atom stereocenters. The van der Waals surface area contributed by atoms with Crippen LogP contribution in [0.5, 0.6) is 5.75 Å². The van der Waals surface area contributed by atoms with Crippen LogP contribution in [0.2, 0.25) is 0 Å². The highest BCUT2D eigenvalue weighted by Crippen LogP contribution is 2.30. The first-order valence-electron chi connectivity index (χ1n) is 8.63. The molecule has 0 aromatic heterocycles. The highest BCUT2D eigenvalue weighted by Gasteiger charge is 2.30. The average Bonchev–Trinajstić information content (AvgIpc) is 2.71. The van der Waals surface area contributed by atoms with E-state index >= 15 is 0 Å². The Balaban J connectivity index is 1.59. The number of halogens is 3. The molecule has 0 fully saturated rings. The summed E-state index contributed by atoms with van der Waals surface area (Å²) in [6.45, 7) is -0.241. The van der Waals surface area contributed by atoms with E-state index in [9.17, 15) is 18.0 Å². The van der Waals surface area contributed by atoms with Gasteiger partial charge in [-0.2, -0.15) is 13.2 Å². The number of carbonyl (C=O) groups excluding carboxylic acids is 1. The molecule has 144 valence electrons. The zero-order valence-corrected chi connectivity index (χ0v) is 14.9. The third kappa shape index (κ3) is 5.13. The smallest absolute Gasteiger partial charge is 0.416 e. The second kappa shape index (κ2) is 8.61.